The first-order valence-corrected chi connectivity index (χ1v) is 7.78. The van der Waals surface area contributed by atoms with Gasteiger partial charge in [0.05, 0.1) is 6.54 Å². The smallest absolute Gasteiger partial charge is 0.315 e. The Bertz CT molecular complexity index is 291. The fraction of sp³-hybridized carbons (Fsp3) is 0.857. The number of nitrogens with one attached hydrogen (secondary N) is 4. The molecule has 3 amide bonds. The first kappa shape index (κ1) is 15.1. The lowest BCUT2D eigenvalue weighted by Gasteiger charge is -2.24. The van der Waals surface area contributed by atoms with Crippen LogP contribution in [0.4, 0.5) is 4.79 Å². The van der Waals surface area contributed by atoms with Gasteiger partial charge < -0.3 is 21.3 Å². The van der Waals surface area contributed by atoms with Gasteiger partial charge in [-0.1, -0.05) is 19.3 Å². The number of piperidine rings is 1. The molecule has 2 aliphatic rings. The highest BCUT2D eigenvalue weighted by molar-refractivity contribution is 5.84. The van der Waals surface area contributed by atoms with E-state index in [4.69, 9.17) is 0 Å². The van der Waals surface area contributed by atoms with E-state index in [0.29, 0.717) is 0 Å². The van der Waals surface area contributed by atoms with Crippen molar-refractivity contribution in [3.63, 3.8) is 0 Å². The van der Waals surface area contributed by atoms with Crippen molar-refractivity contribution in [2.75, 3.05) is 19.6 Å². The second-order valence-corrected chi connectivity index (χ2v) is 5.75. The van der Waals surface area contributed by atoms with Crippen LogP contribution in [0.25, 0.3) is 0 Å². The van der Waals surface area contributed by atoms with Crippen molar-refractivity contribution < 1.29 is 9.59 Å². The molecule has 1 saturated heterocycles. The molecule has 0 spiro atoms. The van der Waals surface area contributed by atoms with Crippen molar-refractivity contribution in [1.82, 2.24) is 21.3 Å². The van der Waals surface area contributed by atoms with Crippen LogP contribution >= 0.6 is 0 Å². The van der Waals surface area contributed by atoms with Gasteiger partial charge in [-0.3, -0.25) is 4.79 Å². The van der Waals surface area contributed by atoms with Crippen LogP contribution in [-0.2, 0) is 4.79 Å². The van der Waals surface area contributed by atoms with Crippen LogP contribution < -0.4 is 21.3 Å². The van der Waals surface area contributed by atoms with Crippen molar-refractivity contribution in [2.45, 2.75) is 57.0 Å². The van der Waals surface area contributed by atoms with E-state index in [1.807, 2.05) is 0 Å². The lowest BCUT2D eigenvalue weighted by molar-refractivity contribution is -0.120. The first-order chi connectivity index (χ1) is 9.74. The van der Waals surface area contributed by atoms with Gasteiger partial charge >= 0.3 is 6.03 Å². The minimum absolute atomic E-state index is 0.0580. The van der Waals surface area contributed by atoms with Gasteiger partial charge in [-0.05, 0) is 38.8 Å². The Morgan fingerprint density at radius 1 is 0.900 bits per heavy atom. The van der Waals surface area contributed by atoms with E-state index in [1.54, 1.807) is 0 Å². The zero-order valence-corrected chi connectivity index (χ0v) is 12.0. The summed E-state index contributed by atoms with van der Waals surface area (Å²) in [4.78, 5) is 23.4. The first-order valence-electron chi connectivity index (χ1n) is 7.78. The van der Waals surface area contributed by atoms with E-state index < -0.39 is 0 Å². The minimum atomic E-state index is -0.225. The molecule has 2 fully saturated rings. The van der Waals surface area contributed by atoms with Gasteiger partial charge in [0.25, 0.3) is 0 Å². The zero-order chi connectivity index (χ0) is 14.2. The highest BCUT2D eigenvalue weighted by Crippen LogP contribution is 2.17. The Balaban J connectivity index is 1.58. The van der Waals surface area contributed by atoms with Crippen LogP contribution in [-0.4, -0.2) is 43.7 Å². The molecule has 4 N–H and O–H groups in total. The van der Waals surface area contributed by atoms with Gasteiger partial charge in [-0.15, -0.1) is 0 Å². The molecule has 6 nitrogen and oxygen atoms in total. The minimum Gasteiger partial charge on any atom is -0.352 e. The Labute approximate surface area is 120 Å². The number of hydrogen-bond donors (Lipinski definition) is 4. The molecule has 1 saturated carbocycles. The molecule has 114 valence electrons. The quantitative estimate of drug-likeness (QED) is 0.605. The zero-order valence-electron chi connectivity index (χ0n) is 12.0. The van der Waals surface area contributed by atoms with Crippen LogP contribution in [0, 0.1) is 0 Å². The summed E-state index contributed by atoms with van der Waals surface area (Å²) < 4.78 is 0. The standard InChI is InChI=1S/C14H26N4O2/c19-13(17-12-6-8-15-9-7-12)10-16-14(20)18-11-4-2-1-3-5-11/h11-12,15H,1-10H2,(H,17,19)(H2,16,18,20). The van der Waals surface area contributed by atoms with Crippen molar-refractivity contribution in [2.24, 2.45) is 0 Å². The van der Waals surface area contributed by atoms with Crippen LogP contribution in [0.2, 0.25) is 0 Å². The van der Waals surface area contributed by atoms with E-state index in [-0.39, 0.29) is 30.6 Å². The van der Waals surface area contributed by atoms with Crippen molar-refractivity contribution in [3.05, 3.63) is 0 Å². The summed E-state index contributed by atoms with van der Waals surface area (Å²) in [7, 11) is 0. The summed E-state index contributed by atoms with van der Waals surface area (Å²) in [6.07, 6.45) is 7.64. The highest BCUT2D eigenvalue weighted by atomic mass is 16.2. The summed E-state index contributed by atoms with van der Waals surface area (Å²) >= 11 is 0. The van der Waals surface area contributed by atoms with Crippen molar-refractivity contribution in [1.29, 1.82) is 0 Å². The monoisotopic (exact) mass is 282 g/mol. The van der Waals surface area contributed by atoms with Crippen LogP contribution in [0.3, 0.4) is 0 Å². The third-order valence-corrected chi connectivity index (χ3v) is 4.05. The summed E-state index contributed by atoms with van der Waals surface area (Å²) in [6, 6.07) is 0.292. The third-order valence-electron chi connectivity index (χ3n) is 4.05. The summed E-state index contributed by atoms with van der Waals surface area (Å²) in [5.41, 5.74) is 0. The summed E-state index contributed by atoms with van der Waals surface area (Å²) in [5, 5.41) is 11.8. The average molecular weight is 282 g/mol. The number of urea groups is 1. The molecule has 1 aliphatic heterocycles. The Morgan fingerprint density at radius 3 is 2.25 bits per heavy atom. The van der Waals surface area contributed by atoms with E-state index >= 15 is 0 Å². The Kier molecular flexibility index (Phi) is 6.11. The lowest BCUT2D eigenvalue weighted by atomic mass is 9.96. The van der Waals surface area contributed by atoms with Crippen molar-refractivity contribution in [3.8, 4) is 0 Å². The van der Waals surface area contributed by atoms with Gasteiger partial charge in [0.1, 0.15) is 0 Å². The van der Waals surface area contributed by atoms with Gasteiger partial charge in [0.2, 0.25) is 5.91 Å². The second kappa shape index (κ2) is 8.09. The molecule has 0 bridgehead atoms. The molecule has 1 heterocycles. The number of carbonyl (C=O) groups is 2. The second-order valence-electron chi connectivity index (χ2n) is 5.75. The lowest BCUT2D eigenvalue weighted by Crippen LogP contribution is -2.49. The van der Waals surface area contributed by atoms with E-state index in [0.717, 1.165) is 38.8 Å². The number of amides is 3. The Morgan fingerprint density at radius 2 is 1.55 bits per heavy atom. The molecule has 0 aromatic carbocycles. The van der Waals surface area contributed by atoms with E-state index in [9.17, 15) is 9.59 Å². The predicted octanol–water partition coefficient (Wildman–Crippen LogP) is 0.487. The van der Waals surface area contributed by atoms with Crippen LogP contribution in [0.1, 0.15) is 44.9 Å². The van der Waals surface area contributed by atoms with E-state index in [1.165, 1.54) is 19.3 Å². The maximum atomic E-state index is 11.7. The highest BCUT2D eigenvalue weighted by Gasteiger charge is 2.17. The maximum absolute atomic E-state index is 11.7. The van der Waals surface area contributed by atoms with Gasteiger partial charge in [0.15, 0.2) is 0 Å². The molecule has 20 heavy (non-hydrogen) atoms. The van der Waals surface area contributed by atoms with Gasteiger partial charge in [0, 0.05) is 12.1 Å². The third kappa shape index (κ3) is 5.36. The number of hydrogen-bond acceptors (Lipinski definition) is 3. The SMILES string of the molecule is O=C(CNC(=O)NC1CCCCC1)NC1CCNCC1. The molecule has 1 aliphatic carbocycles. The molecule has 2 rings (SSSR count). The molecule has 0 unspecified atom stereocenters. The van der Waals surface area contributed by atoms with Crippen molar-refractivity contribution >= 4 is 11.9 Å². The molecule has 0 aromatic heterocycles. The Hall–Kier alpha value is -1.30. The average Bonchev–Trinajstić information content (AvgIpc) is 2.47. The van der Waals surface area contributed by atoms with Crippen LogP contribution in [0.15, 0.2) is 0 Å². The van der Waals surface area contributed by atoms with E-state index in [2.05, 4.69) is 21.3 Å². The molecule has 0 atom stereocenters. The molecular weight excluding hydrogens is 256 g/mol. The summed E-state index contributed by atoms with van der Waals surface area (Å²) in [6.45, 7) is 1.95. The normalized spacial score (nSPS) is 21.2. The maximum Gasteiger partial charge on any atom is 0.315 e. The van der Waals surface area contributed by atoms with Gasteiger partial charge in [-0.25, -0.2) is 4.79 Å². The van der Waals surface area contributed by atoms with Crippen LogP contribution in [0.5, 0.6) is 0 Å². The largest absolute Gasteiger partial charge is 0.352 e. The molecule has 6 heteroatoms. The number of rotatable bonds is 4. The molecular formula is C14H26N4O2. The molecule has 0 radical (unpaired) electrons. The topological polar surface area (TPSA) is 82.3 Å². The van der Waals surface area contributed by atoms with Gasteiger partial charge in [-0.2, -0.15) is 0 Å². The number of carbonyl (C=O) groups excluding carboxylic acids is 2. The fourth-order valence-corrected chi connectivity index (χ4v) is 2.89. The summed E-state index contributed by atoms with van der Waals surface area (Å²) in [5.74, 6) is -0.101. The fourth-order valence-electron chi connectivity index (χ4n) is 2.89. The molecule has 0 aromatic rings. The predicted molar refractivity (Wildman–Crippen MR) is 77.4 cm³/mol.